The lowest BCUT2D eigenvalue weighted by molar-refractivity contribution is -0.107. The Morgan fingerprint density at radius 3 is 2.35 bits per heavy atom. The zero-order valence-electron chi connectivity index (χ0n) is 9.73. The van der Waals surface area contributed by atoms with Crippen molar-refractivity contribution >= 4 is 46.3 Å². The molecular formula is C11H15BrINO2S. The Bertz CT molecular complexity index is 322. The molecule has 1 aromatic carbocycles. The first-order valence-corrected chi connectivity index (χ1v) is 9.14. The quantitative estimate of drug-likeness (QED) is 0.371. The molecular weight excluding hydrogens is 417 g/mol. The van der Waals surface area contributed by atoms with Crippen LogP contribution in [-0.2, 0) is 16.0 Å². The summed E-state index contributed by atoms with van der Waals surface area (Å²) in [6.07, 6.45) is -0.187. The summed E-state index contributed by atoms with van der Waals surface area (Å²) in [7, 11) is 4.97. The number of rotatable bonds is 7. The van der Waals surface area contributed by atoms with Crippen LogP contribution in [0.4, 0.5) is 0 Å². The Hall–Kier alpha value is 0.660. The molecule has 0 bridgehead atoms. The molecule has 0 aliphatic heterocycles. The smallest absolute Gasteiger partial charge is 0.170 e. The van der Waals surface area contributed by atoms with Gasteiger partial charge in [-0.2, -0.15) is 0 Å². The van der Waals surface area contributed by atoms with Crippen molar-refractivity contribution in [3.63, 3.8) is 0 Å². The fourth-order valence-electron chi connectivity index (χ4n) is 1.32. The molecule has 17 heavy (non-hydrogen) atoms. The summed E-state index contributed by atoms with van der Waals surface area (Å²) in [4.78, 5) is 0. The van der Waals surface area contributed by atoms with E-state index in [0.717, 1.165) is 17.6 Å². The second kappa shape index (κ2) is 8.71. The van der Waals surface area contributed by atoms with E-state index in [2.05, 4.69) is 65.7 Å². The highest BCUT2D eigenvalue weighted by molar-refractivity contribution is 14.2. The molecule has 3 nitrogen and oxygen atoms in total. The minimum atomic E-state index is -0.187. The third-order valence-corrected chi connectivity index (χ3v) is 4.92. The van der Waals surface area contributed by atoms with Gasteiger partial charge in [-0.05, 0) is 26.8 Å². The lowest BCUT2D eigenvalue weighted by Gasteiger charge is -2.22. The second-order valence-corrected chi connectivity index (χ2v) is 6.17. The summed E-state index contributed by atoms with van der Waals surface area (Å²) in [5, 5.41) is 0. The summed E-state index contributed by atoms with van der Waals surface area (Å²) in [6, 6.07) is 8.32. The molecule has 1 rings (SSSR count). The van der Waals surface area contributed by atoms with Gasteiger partial charge in [0.1, 0.15) is 0 Å². The van der Waals surface area contributed by atoms with Crippen LogP contribution in [0.15, 0.2) is 28.7 Å². The molecule has 1 aromatic rings. The Morgan fingerprint density at radius 1 is 1.29 bits per heavy atom. The zero-order chi connectivity index (χ0) is 12.7. The number of nitrogens with zero attached hydrogens (tertiary/aromatic N) is 1. The van der Waals surface area contributed by atoms with E-state index in [1.807, 2.05) is 0 Å². The summed E-state index contributed by atoms with van der Waals surface area (Å²) < 4.78 is 13.7. The molecule has 0 amide bonds. The van der Waals surface area contributed by atoms with Crippen molar-refractivity contribution in [1.82, 2.24) is 4.31 Å². The van der Waals surface area contributed by atoms with Crippen LogP contribution in [0.5, 0.6) is 0 Å². The van der Waals surface area contributed by atoms with Gasteiger partial charge in [-0.3, -0.25) is 0 Å². The lowest BCUT2D eigenvalue weighted by Crippen LogP contribution is -2.29. The fraction of sp³-hybridized carbons (Fsp3) is 0.455. The van der Waals surface area contributed by atoms with Crippen LogP contribution in [-0.4, -0.2) is 31.4 Å². The molecule has 0 fully saturated rings. The molecule has 0 atom stereocenters. The number of benzene rings is 1. The largest absolute Gasteiger partial charge is 0.355 e. The highest BCUT2D eigenvalue weighted by Crippen LogP contribution is 2.23. The number of hydrogen-bond acceptors (Lipinski definition) is 4. The van der Waals surface area contributed by atoms with E-state index in [0.29, 0.717) is 0 Å². The molecule has 0 heterocycles. The molecule has 0 saturated heterocycles. The van der Waals surface area contributed by atoms with Crippen LogP contribution >= 0.6 is 46.3 Å². The third-order valence-electron chi connectivity index (χ3n) is 2.25. The van der Waals surface area contributed by atoms with Gasteiger partial charge in [-0.25, -0.2) is 4.31 Å². The van der Waals surface area contributed by atoms with Gasteiger partial charge in [0.25, 0.3) is 0 Å². The number of ether oxygens (including phenoxy) is 2. The predicted octanol–water partition coefficient (Wildman–Crippen LogP) is 3.87. The van der Waals surface area contributed by atoms with E-state index < -0.39 is 0 Å². The molecule has 0 unspecified atom stereocenters. The molecule has 0 saturated carbocycles. The molecule has 0 spiro atoms. The molecule has 0 N–H and O–H groups in total. The van der Waals surface area contributed by atoms with Crippen molar-refractivity contribution in [1.29, 1.82) is 0 Å². The summed E-state index contributed by atoms with van der Waals surface area (Å²) in [5.41, 5.74) is 1.27. The van der Waals surface area contributed by atoms with Gasteiger partial charge in [0.2, 0.25) is 0 Å². The first-order chi connectivity index (χ1) is 8.19. The topological polar surface area (TPSA) is 21.7 Å². The molecule has 6 heteroatoms. The predicted molar refractivity (Wildman–Crippen MR) is 84.0 cm³/mol. The van der Waals surface area contributed by atoms with Gasteiger partial charge in [-0.1, -0.05) is 28.1 Å². The van der Waals surface area contributed by atoms with Crippen LogP contribution in [0.3, 0.4) is 0 Å². The maximum Gasteiger partial charge on any atom is 0.170 e. The SMILES string of the molecule is COC(CN(Cc1ccc(Br)cc1)SI)OC. The van der Waals surface area contributed by atoms with Gasteiger partial charge in [0.15, 0.2) is 6.29 Å². The summed E-state index contributed by atoms with van der Waals surface area (Å²) in [6.45, 7) is 1.60. The van der Waals surface area contributed by atoms with Crippen LogP contribution in [0, 0.1) is 0 Å². The van der Waals surface area contributed by atoms with E-state index >= 15 is 0 Å². The molecule has 0 aliphatic carbocycles. The highest BCUT2D eigenvalue weighted by atomic mass is 127. The van der Waals surface area contributed by atoms with Crippen molar-refractivity contribution in [2.24, 2.45) is 0 Å². The summed E-state index contributed by atoms with van der Waals surface area (Å²) >= 11 is 5.70. The highest BCUT2D eigenvalue weighted by Gasteiger charge is 2.13. The third kappa shape index (κ3) is 5.89. The monoisotopic (exact) mass is 431 g/mol. The van der Waals surface area contributed by atoms with Crippen LogP contribution in [0.1, 0.15) is 5.56 Å². The first kappa shape index (κ1) is 15.7. The molecule has 0 aliphatic rings. The maximum atomic E-state index is 5.20. The van der Waals surface area contributed by atoms with Gasteiger partial charge >= 0.3 is 0 Å². The lowest BCUT2D eigenvalue weighted by atomic mass is 10.2. The number of methoxy groups -OCH3 is 2. The fourth-order valence-corrected chi connectivity index (χ4v) is 2.86. The van der Waals surface area contributed by atoms with E-state index in [9.17, 15) is 0 Å². The Labute approximate surface area is 127 Å². The van der Waals surface area contributed by atoms with E-state index in [-0.39, 0.29) is 6.29 Å². The standard InChI is InChI=1S/C11H15BrINO2S/c1-15-11(16-2)8-14(17-13)7-9-3-5-10(12)6-4-9/h3-6,11H,7-8H2,1-2H3. The average Bonchev–Trinajstić information content (AvgIpc) is 2.37. The maximum absolute atomic E-state index is 5.20. The van der Waals surface area contributed by atoms with Gasteiger partial charge in [0, 0.05) is 46.4 Å². The number of hydrogen-bond donors (Lipinski definition) is 0. The minimum Gasteiger partial charge on any atom is -0.355 e. The van der Waals surface area contributed by atoms with Crippen LogP contribution in [0.2, 0.25) is 0 Å². The van der Waals surface area contributed by atoms with E-state index in [4.69, 9.17) is 9.47 Å². The molecule has 0 aromatic heterocycles. The molecule has 96 valence electrons. The van der Waals surface area contributed by atoms with E-state index in [1.165, 1.54) is 5.56 Å². The summed E-state index contributed by atoms with van der Waals surface area (Å²) in [5.74, 6) is 0. The van der Waals surface area contributed by atoms with Crippen molar-refractivity contribution in [2.75, 3.05) is 20.8 Å². The molecule has 0 radical (unpaired) electrons. The normalized spacial score (nSPS) is 11.4. The first-order valence-electron chi connectivity index (χ1n) is 5.03. The van der Waals surface area contributed by atoms with Crippen molar-refractivity contribution < 1.29 is 9.47 Å². The van der Waals surface area contributed by atoms with Gasteiger partial charge in [0.05, 0.1) is 6.54 Å². The zero-order valence-corrected chi connectivity index (χ0v) is 14.3. The van der Waals surface area contributed by atoms with Gasteiger partial charge < -0.3 is 9.47 Å². The Kier molecular flexibility index (Phi) is 8.05. The van der Waals surface area contributed by atoms with Gasteiger partial charge in [-0.15, -0.1) is 0 Å². The van der Waals surface area contributed by atoms with Crippen molar-refractivity contribution in [3.05, 3.63) is 34.3 Å². The average molecular weight is 432 g/mol. The Balaban J connectivity index is 2.54. The van der Waals surface area contributed by atoms with Crippen LogP contribution in [0.25, 0.3) is 0 Å². The minimum absolute atomic E-state index is 0.187. The second-order valence-electron chi connectivity index (χ2n) is 3.42. The van der Waals surface area contributed by atoms with Crippen molar-refractivity contribution in [2.45, 2.75) is 12.8 Å². The van der Waals surface area contributed by atoms with Crippen LogP contribution < -0.4 is 0 Å². The van der Waals surface area contributed by atoms with E-state index in [1.54, 1.807) is 23.3 Å². The van der Waals surface area contributed by atoms with Crippen molar-refractivity contribution in [3.8, 4) is 0 Å². The number of halogens is 2. The Morgan fingerprint density at radius 2 is 1.88 bits per heavy atom.